The molecule has 0 saturated carbocycles. The zero-order valence-corrected chi connectivity index (χ0v) is 12.2. The normalized spacial score (nSPS) is 12.5. The van der Waals surface area contributed by atoms with Crippen LogP contribution in [0.2, 0.25) is 5.02 Å². The molecule has 0 aliphatic rings. The van der Waals surface area contributed by atoms with Crippen molar-refractivity contribution in [2.75, 3.05) is 0 Å². The third kappa shape index (κ3) is 3.53. The van der Waals surface area contributed by atoms with Gasteiger partial charge in [0.25, 0.3) is 0 Å². The fraction of sp³-hybridized carbons (Fsp3) is 0.143. The first-order valence-corrected chi connectivity index (χ1v) is 6.79. The molecule has 2 rings (SSSR count). The van der Waals surface area contributed by atoms with Gasteiger partial charge in [-0.2, -0.15) is 0 Å². The van der Waals surface area contributed by atoms with Crippen LogP contribution in [0.5, 0.6) is 0 Å². The van der Waals surface area contributed by atoms with E-state index in [1.54, 1.807) is 18.2 Å². The van der Waals surface area contributed by atoms with Crippen LogP contribution in [0.3, 0.4) is 0 Å². The van der Waals surface area contributed by atoms with Gasteiger partial charge in [-0.15, -0.1) is 0 Å². The van der Waals surface area contributed by atoms with E-state index in [-0.39, 0.29) is 10.8 Å². The maximum Gasteiger partial charge on any atom is 0.141 e. The highest BCUT2D eigenvalue weighted by Crippen LogP contribution is 2.24. The summed E-state index contributed by atoms with van der Waals surface area (Å²) in [6.45, 7) is 0. The molecule has 0 amide bonds. The molecule has 0 spiro atoms. The third-order valence-corrected chi connectivity index (χ3v) is 3.60. The molecule has 1 unspecified atom stereocenters. The SMILES string of the molecule is NC(Cc1cc(Br)ccc1F)c1ccc(F)c(Cl)c1. The minimum atomic E-state index is -0.494. The van der Waals surface area contributed by atoms with Crippen LogP contribution in [-0.2, 0) is 6.42 Å². The molecule has 0 heterocycles. The Morgan fingerprint density at radius 3 is 2.47 bits per heavy atom. The van der Waals surface area contributed by atoms with Crippen molar-refractivity contribution in [1.82, 2.24) is 0 Å². The van der Waals surface area contributed by atoms with Crippen molar-refractivity contribution in [2.24, 2.45) is 5.73 Å². The van der Waals surface area contributed by atoms with Gasteiger partial charge >= 0.3 is 0 Å². The Hall–Kier alpha value is -0.970. The van der Waals surface area contributed by atoms with Gasteiger partial charge in [0, 0.05) is 10.5 Å². The highest BCUT2D eigenvalue weighted by Gasteiger charge is 2.12. The number of benzene rings is 2. The summed E-state index contributed by atoms with van der Waals surface area (Å²) in [5, 5.41) is 0.0164. The monoisotopic (exact) mass is 345 g/mol. The molecule has 5 heteroatoms. The highest BCUT2D eigenvalue weighted by molar-refractivity contribution is 9.10. The lowest BCUT2D eigenvalue weighted by atomic mass is 9.99. The molecular formula is C14H11BrClF2N. The molecule has 0 saturated heterocycles. The highest BCUT2D eigenvalue weighted by atomic mass is 79.9. The smallest absolute Gasteiger partial charge is 0.141 e. The van der Waals surface area contributed by atoms with Gasteiger partial charge in [0.1, 0.15) is 11.6 Å². The molecular weight excluding hydrogens is 336 g/mol. The summed E-state index contributed by atoms with van der Waals surface area (Å²) < 4.78 is 27.5. The van der Waals surface area contributed by atoms with E-state index >= 15 is 0 Å². The Morgan fingerprint density at radius 2 is 1.79 bits per heavy atom. The van der Waals surface area contributed by atoms with Crippen LogP contribution in [0.15, 0.2) is 40.9 Å². The number of hydrogen-bond donors (Lipinski definition) is 1. The molecule has 19 heavy (non-hydrogen) atoms. The van der Waals surface area contributed by atoms with Crippen molar-refractivity contribution in [3.05, 3.63) is 68.7 Å². The molecule has 0 radical (unpaired) electrons. The molecule has 0 bridgehead atoms. The van der Waals surface area contributed by atoms with E-state index < -0.39 is 11.9 Å². The summed E-state index contributed by atoms with van der Waals surface area (Å²) in [7, 11) is 0. The minimum absolute atomic E-state index is 0.0164. The predicted octanol–water partition coefficient (Wildman–Crippen LogP) is 4.62. The van der Waals surface area contributed by atoms with E-state index in [0.717, 1.165) is 4.47 Å². The van der Waals surface area contributed by atoms with E-state index in [9.17, 15) is 8.78 Å². The Balaban J connectivity index is 2.22. The first kappa shape index (κ1) is 14.4. The summed E-state index contributed by atoms with van der Waals surface area (Å²) in [4.78, 5) is 0. The summed E-state index contributed by atoms with van der Waals surface area (Å²) in [5.74, 6) is -0.807. The van der Waals surface area contributed by atoms with Crippen molar-refractivity contribution >= 4 is 27.5 Å². The summed E-state index contributed by atoms with van der Waals surface area (Å²) >= 11 is 8.99. The van der Waals surface area contributed by atoms with Crippen molar-refractivity contribution in [3.8, 4) is 0 Å². The van der Waals surface area contributed by atoms with Gasteiger partial charge in [-0.05, 0) is 47.9 Å². The van der Waals surface area contributed by atoms with Gasteiger partial charge < -0.3 is 5.73 Å². The first-order chi connectivity index (χ1) is 8.97. The van der Waals surface area contributed by atoms with Crippen molar-refractivity contribution in [3.63, 3.8) is 0 Å². The second-order valence-corrected chi connectivity index (χ2v) is 5.54. The van der Waals surface area contributed by atoms with E-state index in [1.807, 2.05) is 0 Å². The molecule has 1 nitrogen and oxygen atoms in total. The first-order valence-electron chi connectivity index (χ1n) is 5.62. The van der Waals surface area contributed by atoms with Crippen LogP contribution in [0.4, 0.5) is 8.78 Å². The Labute approximate surface area is 123 Å². The Bertz CT molecular complexity index is 604. The summed E-state index contributed by atoms with van der Waals surface area (Å²) in [6, 6.07) is 8.53. The third-order valence-electron chi connectivity index (χ3n) is 2.82. The maximum absolute atomic E-state index is 13.6. The van der Waals surface area contributed by atoms with Crippen LogP contribution < -0.4 is 5.73 Å². The molecule has 2 N–H and O–H groups in total. The van der Waals surface area contributed by atoms with Crippen molar-refractivity contribution in [1.29, 1.82) is 0 Å². The van der Waals surface area contributed by atoms with E-state index in [1.165, 1.54) is 18.2 Å². The van der Waals surface area contributed by atoms with Crippen LogP contribution in [-0.4, -0.2) is 0 Å². The topological polar surface area (TPSA) is 26.0 Å². The number of hydrogen-bond acceptors (Lipinski definition) is 1. The van der Waals surface area contributed by atoms with E-state index in [0.29, 0.717) is 17.5 Å². The predicted molar refractivity (Wildman–Crippen MR) is 76.1 cm³/mol. The largest absolute Gasteiger partial charge is 0.324 e. The van der Waals surface area contributed by atoms with Gasteiger partial charge in [0.05, 0.1) is 5.02 Å². The van der Waals surface area contributed by atoms with Crippen molar-refractivity contribution in [2.45, 2.75) is 12.5 Å². The molecule has 2 aromatic rings. The van der Waals surface area contributed by atoms with Crippen molar-refractivity contribution < 1.29 is 8.78 Å². The lowest BCUT2D eigenvalue weighted by Gasteiger charge is -2.13. The maximum atomic E-state index is 13.6. The van der Waals surface area contributed by atoms with Crippen LogP contribution in [0.1, 0.15) is 17.2 Å². The number of rotatable bonds is 3. The van der Waals surface area contributed by atoms with Gasteiger partial charge in [0.2, 0.25) is 0 Å². The van der Waals surface area contributed by atoms with E-state index in [4.69, 9.17) is 17.3 Å². The fourth-order valence-electron chi connectivity index (χ4n) is 1.80. The van der Waals surface area contributed by atoms with Crippen LogP contribution >= 0.6 is 27.5 Å². The van der Waals surface area contributed by atoms with Crippen LogP contribution in [0.25, 0.3) is 0 Å². The van der Waals surface area contributed by atoms with E-state index in [2.05, 4.69) is 15.9 Å². The molecule has 0 fully saturated rings. The Morgan fingerprint density at radius 1 is 1.11 bits per heavy atom. The van der Waals surface area contributed by atoms with Gasteiger partial charge in [0.15, 0.2) is 0 Å². The average molecular weight is 347 g/mol. The standard InChI is InChI=1S/C14H11BrClF2N/c15-10-2-4-12(17)9(5-10)7-14(19)8-1-3-13(18)11(16)6-8/h1-6,14H,7,19H2. The van der Waals surface area contributed by atoms with Gasteiger partial charge in [-0.1, -0.05) is 33.6 Å². The second kappa shape index (κ2) is 5.99. The molecule has 100 valence electrons. The molecule has 2 aromatic carbocycles. The van der Waals surface area contributed by atoms with Gasteiger partial charge in [-0.25, -0.2) is 8.78 Å². The zero-order chi connectivity index (χ0) is 14.0. The second-order valence-electron chi connectivity index (χ2n) is 4.22. The summed E-state index contributed by atoms with van der Waals surface area (Å²) in [5.41, 5.74) is 7.18. The minimum Gasteiger partial charge on any atom is -0.324 e. The lowest BCUT2D eigenvalue weighted by molar-refractivity contribution is 0.591. The Kier molecular flexibility index (Phi) is 4.55. The number of halogens is 4. The molecule has 0 aliphatic carbocycles. The van der Waals surface area contributed by atoms with Gasteiger partial charge in [-0.3, -0.25) is 0 Å². The quantitative estimate of drug-likeness (QED) is 0.862. The van der Waals surface area contributed by atoms with Crippen LogP contribution in [0, 0.1) is 11.6 Å². The molecule has 0 aromatic heterocycles. The zero-order valence-electron chi connectivity index (χ0n) is 9.84. The molecule has 0 aliphatic heterocycles. The number of nitrogens with two attached hydrogens (primary N) is 1. The lowest BCUT2D eigenvalue weighted by Crippen LogP contribution is -2.14. The molecule has 1 atom stereocenters. The summed E-state index contributed by atoms with van der Waals surface area (Å²) in [6.07, 6.45) is 0.313. The fourth-order valence-corrected chi connectivity index (χ4v) is 2.40. The average Bonchev–Trinajstić information content (AvgIpc) is 2.37.